The van der Waals surface area contributed by atoms with Gasteiger partial charge in [0, 0.05) is 31.5 Å². The second-order valence-corrected chi connectivity index (χ2v) is 8.22. The molecular weight excluding hydrogens is 362 g/mol. The topological polar surface area (TPSA) is 45.6 Å². The molecule has 2 amide bonds. The minimum atomic E-state index is 0.00149. The minimum absolute atomic E-state index is 0.00149. The molecule has 0 aliphatic rings. The molecule has 1 atom stereocenters. The van der Waals surface area contributed by atoms with Crippen molar-refractivity contribution in [2.45, 2.75) is 53.1 Å². The maximum Gasteiger partial charge on any atom is 0.242 e. The Morgan fingerprint density at radius 1 is 1.00 bits per heavy atom. The van der Waals surface area contributed by atoms with E-state index in [1.165, 1.54) is 0 Å². The molecule has 5 nitrogen and oxygen atoms in total. The fourth-order valence-electron chi connectivity index (χ4n) is 3.38. The number of hydrogen-bond donors (Lipinski definition) is 0. The lowest BCUT2D eigenvalue weighted by atomic mass is 10.1. The summed E-state index contributed by atoms with van der Waals surface area (Å²) in [5.41, 5.74) is 2.06. The van der Waals surface area contributed by atoms with Crippen LogP contribution in [-0.2, 0) is 29.6 Å². The first-order valence-corrected chi connectivity index (χ1v) is 10.5. The van der Waals surface area contributed by atoms with Gasteiger partial charge in [-0.25, -0.2) is 0 Å². The number of hydrogen-bond acceptors (Lipinski definition) is 2. The first-order valence-electron chi connectivity index (χ1n) is 10.5. The molecular formula is C24H35N3O2. The molecule has 29 heavy (non-hydrogen) atoms. The molecule has 0 saturated heterocycles. The number of carbonyl (C=O) groups excluding carboxylic acids is 2. The molecule has 2 rings (SSSR count). The van der Waals surface area contributed by atoms with Crippen LogP contribution in [0.5, 0.6) is 0 Å². The van der Waals surface area contributed by atoms with Crippen LogP contribution in [-0.4, -0.2) is 45.3 Å². The fraction of sp³-hybridized carbons (Fsp3) is 0.500. The van der Waals surface area contributed by atoms with Crippen molar-refractivity contribution < 1.29 is 9.59 Å². The highest BCUT2D eigenvalue weighted by Crippen LogP contribution is 2.13. The van der Waals surface area contributed by atoms with Crippen LogP contribution in [0.25, 0.3) is 0 Å². The van der Waals surface area contributed by atoms with Gasteiger partial charge < -0.3 is 14.4 Å². The van der Waals surface area contributed by atoms with Gasteiger partial charge in [0.2, 0.25) is 11.8 Å². The molecule has 1 heterocycles. The van der Waals surface area contributed by atoms with Gasteiger partial charge >= 0.3 is 0 Å². The highest BCUT2D eigenvalue weighted by molar-refractivity contribution is 5.86. The van der Waals surface area contributed by atoms with E-state index in [2.05, 4.69) is 13.8 Å². The Kier molecular flexibility index (Phi) is 8.50. The molecule has 0 N–H and O–H groups in total. The second-order valence-electron chi connectivity index (χ2n) is 8.22. The zero-order valence-corrected chi connectivity index (χ0v) is 18.5. The van der Waals surface area contributed by atoms with Crippen molar-refractivity contribution in [2.75, 3.05) is 13.1 Å². The molecule has 0 fully saturated rings. The number of aryl methyl sites for hydroxylation is 1. The number of carbonyl (C=O) groups is 2. The van der Waals surface area contributed by atoms with E-state index in [9.17, 15) is 9.59 Å². The largest absolute Gasteiger partial charge is 0.353 e. The highest BCUT2D eigenvalue weighted by atomic mass is 16.2. The van der Waals surface area contributed by atoms with E-state index in [1.807, 2.05) is 79.0 Å². The van der Waals surface area contributed by atoms with Crippen LogP contribution in [0.4, 0.5) is 0 Å². The van der Waals surface area contributed by atoms with E-state index in [4.69, 9.17) is 0 Å². The lowest BCUT2D eigenvalue weighted by Gasteiger charge is -2.32. The van der Waals surface area contributed by atoms with Crippen LogP contribution in [0.15, 0.2) is 48.7 Å². The van der Waals surface area contributed by atoms with Gasteiger partial charge in [0.15, 0.2) is 0 Å². The van der Waals surface area contributed by atoms with Gasteiger partial charge in [-0.15, -0.1) is 0 Å². The third kappa shape index (κ3) is 6.77. The van der Waals surface area contributed by atoms with Gasteiger partial charge in [-0.3, -0.25) is 9.59 Å². The molecule has 0 bridgehead atoms. The predicted octanol–water partition coefficient (Wildman–Crippen LogP) is 3.88. The Balaban J connectivity index is 2.14. The number of rotatable bonds is 10. The molecule has 1 aromatic heterocycles. The van der Waals surface area contributed by atoms with Crippen molar-refractivity contribution in [2.24, 2.45) is 13.0 Å². The van der Waals surface area contributed by atoms with Crippen molar-refractivity contribution in [3.63, 3.8) is 0 Å². The number of aromatic nitrogens is 1. The summed E-state index contributed by atoms with van der Waals surface area (Å²) in [5, 5.41) is 0. The van der Waals surface area contributed by atoms with Crippen molar-refractivity contribution in [3.8, 4) is 0 Å². The zero-order chi connectivity index (χ0) is 21.4. The highest BCUT2D eigenvalue weighted by Gasteiger charge is 2.25. The molecule has 1 aromatic carbocycles. The van der Waals surface area contributed by atoms with Crippen LogP contribution in [0.3, 0.4) is 0 Å². The van der Waals surface area contributed by atoms with E-state index >= 15 is 0 Å². The first kappa shape index (κ1) is 22.7. The standard InChI is InChI=1S/C24H35N3O2/c1-6-20(4)27(23(28)15-21-11-8-7-9-12-21)18-24(29)26(16-19(2)3)17-22-13-10-14-25(22)5/h7-14,19-20H,6,15-18H2,1-5H3. The average molecular weight is 398 g/mol. The van der Waals surface area contributed by atoms with Crippen LogP contribution >= 0.6 is 0 Å². The van der Waals surface area contributed by atoms with E-state index in [0.717, 1.165) is 17.7 Å². The van der Waals surface area contributed by atoms with E-state index < -0.39 is 0 Å². The summed E-state index contributed by atoms with van der Waals surface area (Å²) in [6, 6.07) is 13.8. The van der Waals surface area contributed by atoms with Crippen LogP contribution < -0.4 is 0 Å². The van der Waals surface area contributed by atoms with E-state index in [0.29, 0.717) is 25.4 Å². The molecule has 0 saturated carbocycles. The number of amides is 2. The van der Waals surface area contributed by atoms with Gasteiger partial charge in [0.1, 0.15) is 6.54 Å². The lowest BCUT2D eigenvalue weighted by Crippen LogP contribution is -2.47. The summed E-state index contributed by atoms with van der Waals surface area (Å²) < 4.78 is 2.04. The molecule has 1 unspecified atom stereocenters. The number of nitrogens with zero attached hydrogens (tertiary/aromatic N) is 3. The fourth-order valence-corrected chi connectivity index (χ4v) is 3.38. The van der Waals surface area contributed by atoms with Crippen LogP contribution in [0.1, 0.15) is 45.4 Å². The van der Waals surface area contributed by atoms with E-state index in [-0.39, 0.29) is 24.4 Å². The maximum absolute atomic E-state index is 13.2. The van der Waals surface area contributed by atoms with E-state index in [1.54, 1.807) is 4.90 Å². The molecule has 5 heteroatoms. The maximum atomic E-state index is 13.2. The molecule has 0 spiro atoms. The summed E-state index contributed by atoms with van der Waals surface area (Å²) in [6.07, 6.45) is 3.12. The Hall–Kier alpha value is -2.56. The zero-order valence-electron chi connectivity index (χ0n) is 18.5. The molecule has 2 aromatic rings. The minimum Gasteiger partial charge on any atom is -0.353 e. The van der Waals surface area contributed by atoms with Crippen molar-refractivity contribution in [1.82, 2.24) is 14.4 Å². The van der Waals surface area contributed by atoms with Crippen LogP contribution in [0.2, 0.25) is 0 Å². The molecule has 0 aliphatic heterocycles. The quantitative estimate of drug-likeness (QED) is 0.611. The molecule has 158 valence electrons. The smallest absolute Gasteiger partial charge is 0.242 e. The van der Waals surface area contributed by atoms with Crippen molar-refractivity contribution >= 4 is 11.8 Å². The SMILES string of the molecule is CCC(C)N(CC(=O)N(Cc1cccn1C)CC(C)C)C(=O)Cc1ccccc1. The Morgan fingerprint density at radius 2 is 1.69 bits per heavy atom. The Morgan fingerprint density at radius 3 is 2.24 bits per heavy atom. The van der Waals surface area contributed by atoms with Gasteiger partial charge in [-0.1, -0.05) is 51.1 Å². The summed E-state index contributed by atoms with van der Waals surface area (Å²) >= 11 is 0. The normalized spacial score (nSPS) is 12.1. The Labute approximate surface area is 175 Å². The number of benzene rings is 1. The summed E-state index contributed by atoms with van der Waals surface area (Å²) in [7, 11) is 1.99. The van der Waals surface area contributed by atoms with Gasteiger partial charge in [-0.05, 0) is 37.0 Å². The summed E-state index contributed by atoms with van der Waals surface area (Å²) in [4.78, 5) is 29.9. The molecule has 0 aliphatic carbocycles. The second kappa shape index (κ2) is 10.8. The average Bonchev–Trinajstić information content (AvgIpc) is 3.09. The molecule has 0 radical (unpaired) electrons. The van der Waals surface area contributed by atoms with Crippen molar-refractivity contribution in [1.29, 1.82) is 0 Å². The van der Waals surface area contributed by atoms with Gasteiger partial charge in [0.05, 0.1) is 13.0 Å². The summed E-state index contributed by atoms with van der Waals surface area (Å²) in [6.45, 7) is 9.63. The van der Waals surface area contributed by atoms with Crippen molar-refractivity contribution in [3.05, 3.63) is 59.9 Å². The predicted molar refractivity (Wildman–Crippen MR) is 117 cm³/mol. The Bertz CT molecular complexity index is 782. The van der Waals surface area contributed by atoms with Gasteiger partial charge in [-0.2, -0.15) is 0 Å². The monoisotopic (exact) mass is 397 g/mol. The first-order chi connectivity index (χ1) is 13.8. The lowest BCUT2D eigenvalue weighted by molar-refractivity contribution is -0.142. The third-order valence-electron chi connectivity index (χ3n) is 5.29. The summed E-state index contributed by atoms with van der Waals surface area (Å²) in [5.74, 6) is 0.361. The van der Waals surface area contributed by atoms with Crippen LogP contribution in [0, 0.1) is 5.92 Å². The van der Waals surface area contributed by atoms with Gasteiger partial charge in [0.25, 0.3) is 0 Å². The third-order valence-corrected chi connectivity index (χ3v) is 5.29.